The molecule has 0 unspecified atom stereocenters. The molecule has 0 aliphatic rings. The van der Waals surface area contributed by atoms with Crippen LogP contribution in [-0.4, -0.2) is 36.6 Å². The van der Waals surface area contributed by atoms with Gasteiger partial charge in [-0.2, -0.15) is 39.5 Å². The summed E-state index contributed by atoms with van der Waals surface area (Å²) in [5, 5.41) is 1.57. The summed E-state index contributed by atoms with van der Waals surface area (Å²) in [7, 11) is 0. The average Bonchev–Trinajstić information content (AvgIpc) is 2.92. The van der Waals surface area contributed by atoms with Crippen LogP contribution in [0, 0.1) is 5.82 Å². The Morgan fingerprint density at radius 2 is 1.40 bits per heavy atom. The van der Waals surface area contributed by atoms with Gasteiger partial charge in [-0.25, -0.2) is 8.78 Å². The van der Waals surface area contributed by atoms with Crippen molar-refractivity contribution in [2.75, 3.05) is 16.8 Å². The molecular formula is C27H17BrF11N3O3. The number of anilines is 2. The molecule has 3 aromatic rings. The fourth-order valence-corrected chi connectivity index (χ4v) is 4.58. The van der Waals surface area contributed by atoms with Crippen LogP contribution < -0.4 is 16.0 Å². The highest BCUT2D eigenvalue weighted by Gasteiger charge is 2.73. The van der Waals surface area contributed by atoms with Gasteiger partial charge in [0.15, 0.2) is 5.82 Å². The Morgan fingerprint density at radius 3 is 1.91 bits per heavy atom. The molecule has 0 saturated carbocycles. The third-order valence-corrected chi connectivity index (χ3v) is 6.80. The minimum absolute atomic E-state index is 0.00304. The molecule has 0 saturated heterocycles. The van der Waals surface area contributed by atoms with E-state index in [9.17, 15) is 58.3 Å². The second-order valence-electron chi connectivity index (χ2n) is 9.16. The Hall–Kier alpha value is -4.22. The molecule has 45 heavy (non-hydrogen) atoms. The van der Waals surface area contributed by atoms with Crippen LogP contribution >= 0.6 is 15.9 Å². The Kier molecular flexibility index (Phi) is 9.91. The zero-order valence-electron chi connectivity index (χ0n) is 22.0. The molecule has 0 aromatic heterocycles. The number of nitrogens with two attached hydrogens (primary N) is 1. The minimum Gasteiger partial charge on any atom is -0.370 e. The van der Waals surface area contributed by atoms with E-state index in [1.807, 2.05) is 0 Å². The van der Waals surface area contributed by atoms with Crippen LogP contribution in [0.15, 0.2) is 65.1 Å². The molecule has 0 radical (unpaired) electrons. The molecule has 0 spiro atoms. The predicted molar refractivity (Wildman–Crippen MR) is 140 cm³/mol. The van der Waals surface area contributed by atoms with Gasteiger partial charge in [0, 0.05) is 28.6 Å². The van der Waals surface area contributed by atoms with E-state index in [0.717, 1.165) is 18.2 Å². The number of carbonyl (C=O) groups excluding carboxylic acids is 3. The van der Waals surface area contributed by atoms with E-state index in [2.05, 4.69) is 15.9 Å². The predicted octanol–water partition coefficient (Wildman–Crippen LogP) is 7.67. The monoisotopic (exact) mass is 719 g/mol. The number of nitrogens with one attached hydrogen (secondary N) is 1. The Labute approximate surface area is 254 Å². The summed E-state index contributed by atoms with van der Waals surface area (Å²) >= 11 is 2.35. The third kappa shape index (κ3) is 7.20. The number of halogens is 12. The van der Waals surface area contributed by atoms with E-state index >= 15 is 4.39 Å². The molecule has 0 atom stereocenters. The summed E-state index contributed by atoms with van der Waals surface area (Å²) in [4.78, 5) is 38.2. The minimum atomic E-state index is -6.75. The first kappa shape index (κ1) is 35.3. The van der Waals surface area contributed by atoms with Crippen LogP contribution in [0.5, 0.6) is 0 Å². The lowest BCUT2D eigenvalue weighted by Crippen LogP contribution is -2.50. The smallest absolute Gasteiger partial charge is 0.370 e. The van der Waals surface area contributed by atoms with Crippen LogP contribution in [0.3, 0.4) is 0 Å². The fourth-order valence-electron chi connectivity index (χ4n) is 4.02. The third-order valence-electron chi connectivity index (χ3n) is 6.17. The fraction of sp³-hybridized carbons (Fsp3) is 0.222. The van der Waals surface area contributed by atoms with Gasteiger partial charge in [0.2, 0.25) is 5.91 Å². The highest BCUT2D eigenvalue weighted by Crippen LogP contribution is 2.55. The second kappa shape index (κ2) is 12.6. The highest BCUT2D eigenvalue weighted by molar-refractivity contribution is 9.10. The van der Waals surface area contributed by atoms with Crippen molar-refractivity contribution >= 4 is 45.0 Å². The first-order valence-electron chi connectivity index (χ1n) is 12.1. The molecule has 0 aliphatic heterocycles. The number of hydrogen-bond donors (Lipinski definition) is 2. The number of nitrogens with zero attached hydrogens (tertiary/aromatic N) is 1. The maximum absolute atomic E-state index is 15.7. The lowest BCUT2D eigenvalue weighted by atomic mass is 9.92. The van der Waals surface area contributed by atoms with E-state index in [1.54, 1.807) is 11.4 Å². The summed E-state index contributed by atoms with van der Waals surface area (Å²) in [6.45, 7) is -0.514. The first-order chi connectivity index (χ1) is 20.6. The van der Waals surface area contributed by atoms with Gasteiger partial charge in [-0.05, 0) is 52.3 Å². The highest BCUT2D eigenvalue weighted by atomic mass is 79.9. The van der Waals surface area contributed by atoms with Gasteiger partial charge < -0.3 is 16.0 Å². The van der Waals surface area contributed by atoms with Crippen LogP contribution in [0.25, 0.3) is 0 Å². The summed E-state index contributed by atoms with van der Waals surface area (Å²) < 4.78 is 150. The topological polar surface area (TPSA) is 92.5 Å². The number of carbonyl (C=O) groups is 3. The van der Waals surface area contributed by atoms with E-state index < -0.39 is 99.3 Å². The van der Waals surface area contributed by atoms with Crippen LogP contribution in [0.4, 0.5) is 59.7 Å². The summed E-state index contributed by atoms with van der Waals surface area (Å²) in [6, 6.07) is 8.80. The molecule has 242 valence electrons. The lowest BCUT2D eigenvalue weighted by molar-refractivity contribution is -0.348. The molecule has 3 amide bonds. The van der Waals surface area contributed by atoms with Crippen molar-refractivity contribution in [3.05, 3.63) is 93.2 Å². The van der Waals surface area contributed by atoms with Crippen LogP contribution in [-0.2, 0) is 16.6 Å². The van der Waals surface area contributed by atoms with Crippen molar-refractivity contribution in [1.82, 2.24) is 0 Å². The molecule has 3 N–H and O–H groups in total. The second-order valence-corrected chi connectivity index (χ2v) is 10.0. The normalized spacial score (nSPS) is 12.5. The molecule has 0 heterocycles. The molecule has 3 rings (SSSR count). The van der Waals surface area contributed by atoms with Crippen molar-refractivity contribution in [3.63, 3.8) is 0 Å². The van der Waals surface area contributed by atoms with Gasteiger partial charge in [-0.3, -0.25) is 14.4 Å². The van der Waals surface area contributed by atoms with Crippen molar-refractivity contribution < 1.29 is 62.7 Å². The van der Waals surface area contributed by atoms with E-state index in [1.165, 1.54) is 24.3 Å². The largest absolute Gasteiger partial charge is 0.435 e. The SMILES string of the molecule is NC(=O)CCN(C(=O)c1ccccc1)c1cccc(C(=O)Nc2c(Br)cc(C(F)(C(F)(F)F)C(F)(F)F)cc2C(F)(F)F)c1F. The summed E-state index contributed by atoms with van der Waals surface area (Å²) in [5.41, 5.74) is -9.11. The van der Waals surface area contributed by atoms with Gasteiger partial charge in [0.1, 0.15) is 0 Å². The Bertz CT molecular complexity index is 1590. The summed E-state index contributed by atoms with van der Waals surface area (Å²) in [6.07, 6.45) is -19.8. The van der Waals surface area contributed by atoms with Crippen molar-refractivity contribution in [2.45, 2.75) is 30.6 Å². The van der Waals surface area contributed by atoms with Crippen molar-refractivity contribution in [2.24, 2.45) is 5.73 Å². The number of benzene rings is 3. The van der Waals surface area contributed by atoms with E-state index in [0.29, 0.717) is 4.90 Å². The van der Waals surface area contributed by atoms with E-state index in [-0.39, 0.29) is 11.6 Å². The Morgan fingerprint density at radius 1 is 0.822 bits per heavy atom. The Balaban J connectivity index is 2.13. The van der Waals surface area contributed by atoms with Crippen LogP contribution in [0.2, 0.25) is 0 Å². The number of amides is 3. The number of rotatable bonds is 8. The molecule has 0 bridgehead atoms. The number of alkyl halides is 10. The zero-order chi connectivity index (χ0) is 34.1. The van der Waals surface area contributed by atoms with Gasteiger partial charge >= 0.3 is 24.2 Å². The van der Waals surface area contributed by atoms with Gasteiger partial charge in [0.25, 0.3) is 11.8 Å². The van der Waals surface area contributed by atoms with Crippen LogP contribution in [0.1, 0.15) is 38.3 Å². The molecule has 3 aromatic carbocycles. The molecule has 0 fully saturated rings. The molecule has 0 aliphatic carbocycles. The maximum Gasteiger partial charge on any atom is 0.435 e. The van der Waals surface area contributed by atoms with E-state index in [4.69, 9.17) is 5.73 Å². The average molecular weight is 720 g/mol. The number of primary amides is 1. The van der Waals surface area contributed by atoms with Gasteiger partial charge in [-0.1, -0.05) is 24.3 Å². The van der Waals surface area contributed by atoms with Crippen molar-refractivity contribution in [1.29, 1.82) is 0 Å². The maximum atomic E-state index is 15.7. The van der Waals surface area contributed by atoms with Crippen molar-refractivity contribution in [3.8, 4) is 0 Å². The van der Waals surface area contributed by atoms with Gasteiger partial charge in [-0.15, -0.1) is 0 Å². The quantitative estimate of drug-likeness (QED) is 0.234. The molecular weight excluding hydrogens is 703 g/mol. The van der Waals surface area contributed by atoms with Gasteiger partial charge in [0.05, 0.1) is 22.5 Å². The summed E-state index contributed by atoms with van der Waals surface area (Å²) in [5.74, 6) is -5.00. The number of hydrogen-bond acceptors (Lipinski definition) is 3. The molecule has 18 heteroatoms. The zero-order valence-corrected chi connectivity index (χ0v) is 23.6. The lowest BCUT2D eigenvalue weighted by Gasteiger charge is -2.31. The molecule has 6 nitrogen and oxygen atoms in total. The first-order valence-corrected chi connectivity index (χ1v) is 12.9. The standard InChI is InChI=1S/C27H17BrF11N3O3/c28-17-12-14(24(30,26(34,35)36)27(37,38)39)11-16(25(31,32)33)21(17)41-22(44)15-7-4-8-18(20(15)29)42(10-9-19(40)43)23(45)13-5-2-1-3-6-13/h1-8,11-12H,9-10H2,(H2,40,43)(H,41,44).